The Morgan fingerprint density at radius 1 is 1.28 bits per heavy atom. The number of hydrogen-bond donors (Lipinski definition) is 1. The largest absolute Gasteiger partial charge is 0.377 e. The molecule has 0 unspecified atom stereocenters. The minimum atomic E-state index is -0.511. The van der Waals surface area contributed by atoms with Gasteiger partial charge in [-0.15, -0.1) is 0 Å². The number of rotatable bonds is 5. The Morgan fingerprint density at radius 3 is 2.39 bits per heavy atom. The minimum absolute atomic E-state index is 0.153. The monoisotopic (exact) mass is 255 g/mol. The molecule has 2 rings (SSSR count). The normalized spacial score (nSPS) is 23.4. The van der Waals surface area contributed by atoms with Gasteiger partial charge < -0.3 is 15.4 Å². The van der Waals surface area contributed by atoms with E-state index in [1.54, 1.807) is 0 Å². The summed E-state index contributed by atoms with van der Waals surface area (Å²) in [4.78, 5) is 16.3. The van der Waals surface area contributed by atoms with Gasteiger partial charge in [-0.25, -0.2) is 0 Å². The molecule has 1 aliphatic heterocycles. The van der Waals surface area contributed by atoms with Crippen molar-refractivity contribution in [3.8, 4) is 0 Å². The Balaban J connectivity index is 1.66. The summed E-state index contributed by atoms with van der Waals surface area (Å²) in [6.45, 7) is 9.30. The summed E-state index contributed by atoms with van der Waals surface area (Å²) in [6, 6.07) is 0. The Morgan fingerprint density at radius 2 is 1.89 bits per heavy atom. The highest BCUT2D eigenvalue weighted by Gasteiger charge is 2.48. The van der Waals surface area contributed by atoms with Crippen LogP contribution in [0.4, 0.5) is 0 Å². The molecule has 0 aromatic rings. The number of piperazine rings is 1. The van der Waals surface area contributed by atoms with Crippen molar-refractivity contribution >= 4 is 5.91 Å². The van der Waals surface area contributed by atoms with Gasteiger partial charge >= 0.3 is 0 Å². The first kappa shape index (κ1) is 13.8. The number of amides is 1. The number of ether oxygens (including phenoxy) is 1. The molecular weight excluding hydrogens is 230 g/mol. The molecule has 18 heavy (non-hydrogen) atoms. The highest BCUT2D eigenvalue weighted by molar-refractivity contribution is 5.89. The van der Waals surface area contributed by atoms with E-state index in [0.29, 0.717) is 6.10 Å². The van der Waals surface area contributed by atoms with E-state index < -0.39 is 5.54 Å². The van der Waals surface area contributed by atoms with Crippen molar-refractivity contribution in [3.05, 3.63) is 0 Å². The molecule has 0 radical (unpaired) electrons. The van der Waals surface area contributed by atoms with E-state index in [4.69, 9.17) is 10.5 Å². The van der Waals surface area contributed by atoms with Crippen LogP contribution >= 0.6 is 0 Å². The molecular formula is C13H25N3O2. The molecule has 1 amide bonds. The van der Waals surface area contributed by atoms with E-state index in [1.807, 2.05) is 18.7 Å². The first-order valence-corrected chi connectivity index (χ1v) is 6.93. The van der Waals surface area contributed by atoms with E-state index in [1.165, 1.54) is 0 Å². The maximum absolute atomic E-state index is 12.0. The third-order valence-electron chi connectivity index (χ3n) is 3.73. The molecule has 0 atom stereocenters. The Kier molecular flexibility index (Phi) is 4.25. The summed E-state index contributed by atoms with van der Waals surface area (Å²) in [7, 11) is 0. The van der Waals surface area contributed by atoms with Crippen LogP contribution in [0.2, 0.25) is 0 Å². The van der Waals surface area contributed by atoms with Gasteiger partial charge in [-0.2, -0.15) is 0 Å². The van der Waals surface area contributed by atoms with Gasteiger partial charge in [0, 0.05) is 32.7 Å². The smallest absolute Gasteiger partial charge is 0.242 e. The summed E-state index contributed by atoms with van der Waals surface area (Å²) in [6.07, 6.45) is 2.00. The van der Waals surface area contributed by atoms with E-state index >= 15 is 0 Å². The predicted octanol–water partition coefficient (Wildman–Crippen LogP) is 0.0469. The van der Waals surface area contributed by atoms with Crippen LogP contribution < -0.4 is 5.73 Å². The van der Waals surface area contributed by atoms with Crippen molar-refractivity contribution in [2.45, 2.75) is 38.3 Å². The standard InChI is InChI=1S/C13H25N3O2/c1-11(2)18-10-9-15-5-7-16(8-6-15)12(17)13(14)3-4-13/h11H,3-10,14H2,1-2H3. The Labute approximate surface area is 109 Å². The van der Waals surface area contributed by atoms with Crippen molar-refractivity contribution in [1.29, 1.82) is 0 Å². The molecule has 2 aliphatic rings. The summed E-state index contributed by atoms with van der Waals surface area (Å²) in [5.41, 5.74) is 5.43. The molecule has 1 saturated carbocycles. The van der Waals surface area contributed by atoms with Crippen molar-refractivity contribution in [3.63, 3.8) is 0 Å². The lowest BCUT2D eigenvalue weighted by Gasteiger charge is -2.36. The highest BCUT2D eigenvalue weighted by Crippen LogP contribution is 2.34. The molecule has 5 heteroatoms. The second-order valence-corrected chi connectivity index (χ2v) is 5.71. The summed E-state index contributed by atoms with van der Waals surface area (Å²) < 4.78 is 5.54. The minimum Gasteiger partial charge on any atom is -0.377 e. The number of hydrogen-bond acceptors (Lipinski definition) is 4. The molecule has 1 saturated heterocycles. The maximum atomic E-state index is 12.0. The van der Waals surface area contributed by atoms with Crippen molar-refractivity contribution < 1.29 is 9.53 Å². The number of nitrogens with two attached hydrogens (primary N) is 1. The Hall–Kier alpha value is -0.650. The van der Waals surface area contributed by atoms with Gasteiger partial charge in [-0.3, -0.25) is 9.69 Å². The molecule has 0 aromatic carbocycles. The van der Waals surface area contributed by atoms with Crippen LogP contribution in [0.1, 0.15) is 26.7 Å². The van der Waals surface area contributed by atoms with Crippen molar-refractivity contribution in [2.24, 2.45) is 5.73 Å². The lowest BCUT2D eigenvalue weighted by molar-refractivity contribution is -0.135. The van der Waals surface area contributed by atoms with Gasteiger partial charge in [0.1, 0.15) is 0 Å². The molecule has 5 nitrogen and oxygen atoms in total. The average Bonchev–Trinajstić information content (AvgIpc) is 3.08. The quantitative estimate of drug-likeness (QED) is 0.754. The van der Waals surface area contributed by atoms with E-state index in [-0.39, 0.29) is 5.91 Å². The molecule has 0 spiro atoms. The van der Waals surface area contributed by atoms with Crippen LogP contribution in [0.3, 0.4) is 0 Å². The summed E-state index contributed by atoms with van der Waals surface area (Å²) in [5.74, 6) is 0.153. The van der Waals surface area contributed by atoms with Gasteiger partial charge in [0.15, 0.2) is 0 Å². The molecule has 2 fully saturated rings. The van der Waals surface area contributed by atoms with Crippen LogP contribution in [-0.4, -0.2) is 66.7 Å². The topological polar surface area (TPSA) is 58.8 Å². The second kappa shape index (κ2) is 5.55. The fourth-order valence-electron chi connectivity index (χ4n) is 2.26. The first-order chi connectivity index (χ1) is 8.51. The maximum Gasteiger partial charge on any atom is 0.242 e. The lowest BCUT2D eigenvalue weighted by Crippen LogP contribution is -2.54. The predicted molar refractivity (Wildman–Crippen MR) is 70.3 cm³/mol. The molecule has 1 aliphatic carbocycles. The van der Waals surface area contributed by atoms with Crippen LogP contribution in [0.15, 0.2) is 0 Å². The first-order valence-electron chi connectivity index (χ1n) is 6.93. The second-order valence-electron chi connectivity index (χ2n) is 5.71. The third-order valence-corrected chi connectivity index (χ3v) is 3.73. The highest BCUT2D eigenvalue weighted by atomic mass is 16.5. The van der Waals surface area contributed by atoms with Crippen LogP contribution in [-0.2, 0) is 9.53 Å². The molecule has 104 valence electrons. The van der Waals surface area contributed by atoms with Crippen LogP contribution in [0.5, 0.6) is 0 Å². The zero-order valence-corrected chi connectivity index (χ0v) is 11.5. The summed E-state index contributed by atoms with van der Waals surface area (Å²) >= 11 is 0. The molecule has 2 N–H and O–H groups in total. The molecule has 0 bridgehead atoms. The number of nitrogens with zero attached hydrogens (tertiary/aromatic N) is 2. The molecule has 1 heterocycles. The average molecular weight is 255 g/mol. The SMILES string of the molecule is CC(C)OCCN1CCN(C(=O)C2(N)CC2)CC1. The fraction of sp³-hybridized carbons (Fsp3) is 0.923. The van der Waals surface area contributed by atoms with Crippen molar-refractivity contribution in [2.75, 3.05) is 39.3 Å². The van der Waals surface area contributed by atoms with E-state index in [9.17, 15) is 4.79 Å². The van der Waals surface area contributed by atoms with Crippen LogP contribution in [0.25, 0.3) is 0 Å². The Bertz CT molecular complexity index is 295. The van der Waals surface area contributed by atoms with E-state index in [0.717, 1.165) is 52.2 Å². The van der Waals surface area contributed by atoms with Gasteiger partial charge in [0.25, 0.3) is 0 Å². The molecule has 0 aromatic heterocycles. The van der Waals surface area contributed by atoms with Gasteiger partial charge in [0.05, 0.1) is 18.2 Å². The van der Waals surface area contributed by atoms with Gasteiger partial charge in [-0.05, 0) is 26.7 Å². The lowest BCUT2D eigenvalue weighted by atomic mass is 10.2. The van der Waals surface area contributed by atoms with Gasteiger partial charge in [-0.1, -0.05) is 0 Å². The van der Waals surface area contributed by atoms with Crippen LogP contribution in [0, 0.1) is 0 Å². The third kappa shape index (κ3) is 3.43. The number of carbonyl (C=O) groups excluding carboxylic acids is 1. The van der Waals surface area contributed by atoms with E-state index in [2.05, 4.69) is 4.90 Å². The zero-order valence-electron chi connectivity index (χ0n) is 11.5. The number of carbonyl (C=O) groups is 1. The van der Waals surface area contributed by atoms with Crippen molar-refractivity contribution in [1.82, 2.24) is 9.80 Å². The summed E-state index contributed by atoms with van der Waals surface area (Å²) in [5, 5.41) is 0. The fourth-order valence-corrected chi connectivity index (χ4v) is 2.26. The van der Waals surface area contributed by atoms with Gasteiger partial charge in [0.2, 0.25) is 5.91 Å². The zero-order chi connectivity index (χ0) is 13.2.